The van der Waals surface area contributed by atoms with Crippen LogP contribution in [0.1, 0.15) is 21.6 Å². The lowest BCUT2D eigenvalue weighted by atomic mass is 10.2. The van der Waals surface area contributed by atoms with Crippen LogP contribution >= 0.6 is 11.3 Å². The number of furan rings is 1. The van der Waals surface area contributed by atoms with Crippen LogP contribution in [0, 0.1) is 0 Å². The van der Waals surface area contributed by atoms with E-state index in [0.717, 1.165) is 10.4 Å². The third-order valence-corrected chi connectivity index (χ3v) is 4.53. The number of hydrogen-bond donors (Lipinski definition) is 0. The quantitative estimate of drug-likeness (QED) is 0.727. The standard InChI is InChI=1S/C15H13N3O3S/c19-15(13-10-2-6-20-11(10)1-3-16-13)18-5-7-21-12(9-18)14-17-4-8-22-14/h1-4,6,8,12H,5,7,9H2. The zero-order valence-corrected chi connectivity index (χ0v) is 12.5. The number of ether oxygens (including phenoxy) is 1. The van der Waals surface area contributed by atoms with Gasteiger partial charge in [-0.15, -0.1) is 11.3 Å². The molecule has 4 heterocycles. The molecule has 1 atom stereocenters. The summed E-state index contributed by atoms with van der Waals surface area (Å²) >= 11 is 1.54. The predicted molar refractivity (Wildman–Crippen MR) is 80.7 cm³/mol. The van der Waals surface area contributed by atoms with Crippen LogP contribution in [0.15, 0.2) is 40.6 Å². The van der Waals surface area contributed by atoms with E-state index in [1.807, 2.05) is 5.38 Å². The number of amides is 1. The lowest BCUT2D eigenvalue weighted by molar-refractivity contribution is -0.0230. The Morgan fingerprint density at radius 1 is 1.32 bits per heavy atom. The van der Waals surface area contributed by atoms with E-state index in [9.17, 15) is 4.79 Å². The molecule has 1 aliphatic rings. The summed E-state index contributed by atoms with van der Waals surface area (Å²) < 4.78 is 11.1. The van der Waals surface area contributed by atoms with Crippen molar-refractivity contribution in [3.05, 3.63) is 46.9 Å². The van der Waals surface area contributed by atoms with Gasteiger partial charge < -0.3 is 14.1 Å². The van der Waals surface area contributed by atoms with Crippen LogP contribution in [-0.4, -0.2) is 40.5 Å². The molecule has 0 radical (unpaired) electrons. The highest BCUT2D eigenvalue weighted by Gasteiger charge is 2.29. The number of thiazole rings is 1. The van der Waals surface area contributed by atoms with Gasteiger partial charge >= 0.3 is 0 Å². The van der Waals surface area contributed by atoms with Crippen LogP contribution in [0.25, 0.3) is 11.0 Å². The maximum atomic E-state index is 12.8. The highest BCUT2D eigenvalue weighted by molar-refractivity contribution is 7.09. The fourth-order valence-electron chi connectivity index (χ4n) is 2.59. The predicted octanol–water partition coefficient (Wildman–Crippen LogP) is 2.50. The number of carbonyl (C=O) groups is 1. The van der Waals surface area contributed by atoms with Gasteiger partial charge in [0.05, 0.1) is 24.8 Å². The SMILES string of the molecule is O=C(c1nccc2occc12)N1CCOC(c2nccs2)C1. The molecule has 0 saturated carbocycles. The van der Waals surface area contributed by atoms with E-state index in [4.69, 9.17) is 9.15 Å². The first kappa shape index (κ1) is 13.4. The smallest absolute Gasteiger partial charge is 0.273 e. The highest BCUT2D eigenvalue weighted by Crippen LogP contribution is 2.26. The van der Waals surface area contributed by atoms with Gasteiger partial charge in [0, 0.05) is 24.3 Å². The molecule has 1 saturated heterocycles. The summed E-state index contributed by atoms with van der Waals surface area (Å²) in [5, 5.41) is 3.55. The number of aromatic nitrogens is 2. The third-order valence-electron chi connectivity index (χ3n) is 3.66. The molecule has 7 heteroatoms. The van der Waals surface area contributed by atoms with Gasteiger partial charge in [-0.25, -0.2) is 4.98 Å². The number of nitrogens with zero attached hydrogens (tertiary/aromatic N) is 3. The fourth-order valence-corrected chi connectivity index (χ4v) is 3.27. The van der Waals surface area contributed by atoms with Crippen molar-refractivity contribution < 1.29 is 13.9 Å². The van der Waals surface area contributed by atoms with Crippen LogP contribution in [0.2, 0.25) is 0 Å². The van der Waals surface area contributed by atoms with E-state index < -0.39 is 0 Å². The lowest BCUT2D eigenvalue weighted by Crippen LogP contribution is -2.42. The van der Waals surface area contributed by atoms with Crippen molar-refractivity contribution in [3.8, 4) is 0 Å². The first-order valence-electron chi connectivity index (χ1n) is 6.95. The monoisotopic (exact) mass is 315 g/mol. The Balaban J connectivity index is 1.61. The molecule has 1 fully saturated rings. The molecule has 3 aromatic heterocycles. The van der Waals surface area contributed by atoms with Crippen molar-refractivity contribution >= 4 is 28.2 Å². The Morgan fingerprint density at radius 2 is 2.27 bits per heavy atom. The summed E-state index contributed by atoms with van der Waals surface area (Å²) in [4.78, 5) is 23.1. The number of morpholine rings is 1. The van der Waals surface area contributed by atoms with Crippen molar-refractivity contribution in [1.82, 2.24) is 14.9 Å². The average Bonchev–Trinajstić information content (AvgIpc) is 3.25. The van der Waals surface area contributed by atoms with Gasteiger partial charge in [0.2, 0.25) is 0 Å². The second-order valence-electron chi connectivity index (χ2n) is 4.97. The van der Waals surface area contributed by atoms with Gasteiger partial charge in [0.15, 0.2) is 0 Å². The van der Waals surface area contributed by atoms with Gasteiger partial charge in [-0.3, -0.25) is 9.78 Å². The van der Waals surface area contributed by atoms with Crippen LogP contribution in [0.3, 0.4) is 0 Å². The Kier molecular flexibility index (Phi) is 3.36. The summed E-state index contributed by atoms with van der Waals surface area (Å²) in [6.45, 7) is 1.54. The molecule has 0 N–H and O–H groups in total. The minimum absolute atomic E-state index is 0.100. The summed E-state index contributed by atoms with van der Waals surface area (Å²) in [5.41, 5.74) is 1.09. The van der Waals surface area contributed by atoms with E-state index in [2.05, 4.69) is 9.97 Å². The van der Waals surface area contributed by atoms with Crippen molar-refractivity contribution in [2.45, 2.75) is 6.10 Å². The minimum atomic E-state index is -0.166. The maximum Gasteiger partial charge on any atom is 0.273 e. The van der Waals surface area contributed by atoms with Crippen LogP contribution in [0.5, 0.6) is 0 Å². The molecule has 1 unspecified atom stereocenters. The molecule has 112 valence electrons. The van der Waals surface area contributed by atoms with E-state index in [-0.39, 0.29) is 12.0 Å². The van der Waals surface area contributed by atoms with E-state index in [0.29, 0.717) is 31.0 Å². The summed E-state index contributed by atoms with van der Waals surface area (Å²) in [6.07, 6.45) is 4.75. The Morgan fingerprint density at radius 3 is 3.14 bits per heavy atom. The molecular weight excluding hydrogens is 302 g/mol. The van der Waals surface area contributed by atoms with Crippen LogP contribution < -0.4 is 0 Å². The largest absolute Gasteiger partial charge is 0.464 e. The van der Waals surface area contributed by atoms with E-state index in [1.54, 1.807) is 35.7 Å². The van der Waals surface area contributed by atoms with Crippen molar-refractivity contribution in [2.24, 2.45) is 0 Å². The van der Waals surface area contributed by atoms with Gasteiger partial charge in [-0.1, -0.05) is 0 Å². The second-order valence-corrected chi connectivity index (χ2v) is 5.90. The molecule has 22 heavy (non-hydrogen) atoms. The van der Waals surface area contributed by atoms with Crippen LogP contribution in [0.4, 0.5) is 0 Å². The second kappa shape index (κ2) is 5.51. The molecule has 0 aromatic carbocycles. The lowest BCUT2D eigenvalue weighted by Gasteiger charge is -2.31. The maximum absolute atomic E-state index is 12.8. The molecule has 0 aliphatic carbocycles. The molecule has 0 bridgehead atoms. The number of fused-ring (bicyclic) bond motifs is 1. The van der Waals surface area contributed by atoms with Gasteiger partial charge in [0.25, 0.3) is 5.91 Å². The Labute approximate surface area is 130 Å². The number of pyridine rings is 1. The molecule has 1 aliphatic heterocycles. The molecular formula is C15H13N3O3S. The average molecular weight is 315 g/mol. The van der Waals surface area contributed by atoms with Crippen molar-refractivity contribution in [2.75, 3.05) is 19.7 Å². The van der Waals surface area contributed by atoms with Gasteiger partial charge in [-0.05, 0) is 12.1 Å². The Bertz CT molecular complexity index is 799. The molecule has 0 spiro atoms. The van der Waals surface area contributed by atoms with Crippen molar-refractivity contribution in [1.29, 1.82) is 0 Å². The Hall–Kier alpha value is -2.25. The summed E-state index contributed by atoms with van der Waals surface area (Å²) in [6, 6.07) is 3.53. The normalized spacial score (nSPS) is 18.7. The fraction of sp³-hybridized carbons (Fsp3) is 0.267. The summed E-state index contributed by atoms with van der Waals surface area (Å²) in [5.74, 6) is -0.100. The minimum Gasteiger partial charge on any atom is -0.464 e. The molecule has 6 nitrogen and oxygen atoms in total. The van der Waals surface area contributed by atoms with Gasteiger partial charge in [0.1, 0.15) is 22.4 Å². The zero-order chi connectivity index (χ0) is 14.9. The number of rotatable bonds is 2. The van der Waals surface area contributed by atoms with Crippen molar-refractivity contribution in [3.63, 3.8) is 0 Å². The summed E-state index contributed by atoms with van der Waals surface area (Å²) in [7, 11) is 0. The first-order chi connectivity index (χ1) is 10.8. The highest BCUT2D eigenvalue weighted by atomic mass is 32.1. The molecule has 4 rings (SSSR count). The molecule has 3 aromatic rings. The van der Waals surface area contributed by atoms with Gasteiger partial charge in [-0.2, -0.15) is 0 Å². The third kappa shape index (κ3) is 2.28. The number of hydrogen-bond acceptors (Lipinski definition) is 6. The van der Waals surface area contributed by atoms with E-state index in [1.165, 1.54) is 11.3 Å². The molecule has 1 amide bonds. The van der Waals surface area contributed by atoms with Crippen LogP contribution in [-0.2, 0) is 4.74 Å². The zero-order valence-electron chi connectivity index (χ0n) is 11.6. The first-order valence-corrected chi connectivity index (χ1v) is 7.83. The van der Waals surface area contributed by atoms with E-state index >= 15 is 0 Å². The number of carbonyl (C=O) groups excluding carboxylic acids is 1. The topological polar surface area (TPSA) is 68.5 Å².